The predicted molar refractivity (Wildman–Crippen MR) is 93.5 cm³/mol. The first-order valence-electron chi connectivity index (χ1n) is 6.29. The van der Waals surface area contributed by atoms with Crippen LogP contribution < -0.4 is 5.32 Å². The summed E-state index contributed by atoms with van der Waals surface area (Å²) in [4.78, 5) is 0. The second-order valence-electron chi connectivity index (χ2n) is 4.61. The van der Waals surface area contributed by atoms with Gasteiger partial charge in [-0.1, -0.05) is 52.3 Å². The molecule has 0 heterocycles. The lowest BCUT2D eigenvalue weighted by Gasteiger charge is -2.20. The van der Waals surface area contributed by atoms with E-state index in [4.69, 9.17) is 0 Å². The maximum absolute atomic E-state index is 3.63. The van der Waals surface area contributed by atoms with E-state index in [1.807, 2.05) is 7.05 Å². The quantitative estimate of drug-likeness (QED) is 0.684. The van der Waals surface area contributed by atoms with Gasteiger partial charge in [-0.25, -0.2) is 0 Å². The Balaban J connectivity index is 2.31. The smallest absolute Gasteiger partial charge is 0.0369 e. The lowest BCUT2D eigenvalue weighted by Crippen LogP contribution is -2.20. The van der Waals surface area contributed by atoms with Crippen molar-refractivity contribution in [3.8, 4) is 0 Å². The Morgan fingerprint density at radius 2 is 1.89 bits per heavy atom. The summed E-state index contributed by atoms with van der Waals surface area (Å²) in [5, 5.41) is 3.44. The van der Waals surface area contributed by atoms with Crippen molar-refractivity contribution in [3.05, 3.63) is 67.2 Å². The molecule has 0 bridgehead atoms. The topological polar surface area (TPSA) is 12.0 Å². The average Bonchev–Trinajstić information content (AvgIpc) is 2.41. The van der Waals surface area contributed by atoms with Crippen molar-refractivity contribution < 1.29 is 0 Å². The third kappa shape index (κ3) is 3.58. The number of nitrogens with one attached hydrogen (secondary N) is 1. The van der Waals surface area contributed by atoms with Crippen molar-refractivity contribution in [1.82, 2.24) is 5.32 Å². The molecule has 0 amide bonds. The van der Waals surface area contributed by atoms with Crippen molar-refractivity contribution in [2.75, 3.05) is 7.05 Å². The highest BCUT2D eigenvalue weighted by Crippen LogP contribution is 2.27. The zero-order valence-corrected chi connectivity index (χ0v) is 14.8. The van der Waals surface area contributed by atoms with E-state index in [2.05, 4.69) is 93.2 Å². The minimum absolute atomic E-state index is 0.338. The summed E-state index contributed by atoms with van der Waals surface area (Å²) in [5.41, 5.74) is 4.04. The summed E-state index contributed by atoms with van der Waals surface area (Å²) in [6, 6.07) is 15.3. The SMILES string of the molecule is CNC(Cc1ccccc1Br)c1cccc(C)c1I. The number of rotatable bonds is 4. The predicted octanol–water partition coefficient (Wildman–Crippen LogP) is 4.87. The van der Waals surface area contributed by atoms with Gasteiger partial charge in [0.15, 0.2) is 0 Å². The second-order valence-corrected chi connectivity index (χ2v) is 6.55. The number of aryl methyl sites for hydroxylation is 1. The fourth-order valence-corrected chi connectivity index (χ4v) is 3.37. The van der Waals surface area contributed by atoms with Gasteiger partial charge in [0.25, 0.3) is 0 Å². The van der Waals surface area contributed by atoms with Gasteiger partial charge in [-0.3, -0.25) is 0 Å². The normalized spacial score (nSPS) is 12.4. The molecule has 0 spiro atoms. The van der Waals surface area contributed by atoms with Crippen LogP contribution >= 0.6 is 38.5 Å². The summed E-state index contributed by atoms with van der Waals surface area (Å²) in [7, 11) is 2.03. The molecule has 0 radical (unpaired) electrons. The van der Waals surface area contributed by atoms with Crippen LogP contribution in [0.5, 0.6) is 0 Å². The Bertz CT molecular complexity index is 568. The van der Waals surface area contributed by atoms with Crippen LogP contribution in [0.4, 0.5) is 0 Å². The van der Waals surface area contributed by atoms with E-state index in [1.165, 1.54) is 24.7 Å². The van der Waals surface area contributed by atoms with Crippen LogP contribution in [0, 0.1) is 10.5 Å². The lowest BCUT2D eigenvalue weighted by atomic mass is 9.98. The molecule has 3 heteroatoms. The van der Waals surface area contributed by atoms with Gasteiger partial charge in [0.05, 0.1) is 0 Å². The first-order valence-corrected chi connectivity index (χ1v) is 8.16. The van der Waals surface area contributed by atoms with Crippen LogP contribution in [0.1, 0.15) is 22.7 Å². The van der Waals surface area contributed by atoms with Crippen LogP contribution in [0.3, 0.4) is 0 Å². The average molecular weight is 430 g/mol. The van der Waals surface area contributed by atoms with Gasteiger partial charge in [0.2, 0.25) is 0 Å². The summed E-state index contributed by atoms with van der Waals surface area (Å²) in [6.45, 7) is 2.16. The molecule has 1 N–H and O–H groups in total. The number of likely N-dealkylation sites (N-methyl/N-ethyl adjacent to an activating group) is 1. The molecule has 0 aliphatic carbocycles. The minimum atomic E-state index is 0.338. The molecular formula is C16H17BrIN. The van der Waals surface area contributed by atoms with E-state index in [-0.39, 0.29) is 0 Å². The minimum Gasteiger partial charge on any atom is -0.313 e. The highest BCUT2D eigenvalue weighted by atomic mass is 127. The number of benzene rings is 2. The number of hydrogen-bond acceptors (Lipinski definition) is 1. The lowest BCUT2D eigenvalue weighted by molar-refractivity contribution is 0.588. The molecule has 1 unspecified atom stereocenters. The molecule has 0 fully saturated rings. The highest BCUT2D eigenvalue weighted by Gasteiger charge is 2.15. The van der Waals surface area contributed by atoms with Gasteiger partial charge in [-0.05, 0) is 65.7 Å². The fraction of sp³-hybridized carbons (Fsp3) is 0.250. The molecule has 0 saturated carbocycles. The summed E-state index contributed by atoms with van der Waals surface area (Å²) in [6.07, 6.45) is 0.984. The van der Waals surface area contributed by atoms with E-state index in [1.54, 1.807) is 0 Å². The van der Waals surface area contributed by atoms with Crippen LogP contribution in [0.15, 0.2) is 46.9 Å². The molecule has 1 atom stereocenters. The van der Waals surface area contributed by atoms with Crippen LogP contribution in [-0.2, 0) is 6.42 Å². The third-order valence-electron chi connectivity index (χ3n) is 3.33. The number of halogens is 2. The van der Waals surface area contributed by atoms with E-state index < -0.39 is 0 Å². The highest BCUT2D eigenvalue weighted by molar-refractivity contribution is 14.1. The molecular weight excluding hydrogens is 413 g/mol. The van der Waals surface area contributed by atoms with Gasteiger partial charge < -0.3 is 5.32 Å². The zero-order valence-electron chi connectivity index (χ0n) is 11.1. The van der Waals surface area contributed by atoms with Gasteiger partial charge in [0.1, 0.15) is 0 Å². The maximum atomic E-state index is 3.63. The first-order chi connectivity index (χ1) is 9.13. The Morgan fingerprint density at radius 1 is 1.16 bits per heavy atom. The molecule has 2 aromatic rings. The van der Waals surface area contributed by atoms with Crippen molar-refractivity contribution in [2.24, 2.45) is 0 Å². The monoisotopic (exact) mass is 429 g/mol. The number of hydrogen-bond donors (Lipinski definition) is 1. The molecule has 0 saturated heterocycles. The molecule has 19 heavy (non-hydrogen) atoms. The Hall–Kier alpha value is -0.390. The van der Waals surface area contributed by atoms with Crippen LogP contribution in [-0.4, -0.2) is 7.05 Å². The van der Waals surface area contributed by atoms with Crippen LogP contribution in [0.2, 0.25) is 0 Å². The molecule has 2 aromatic carbocycles. The third-order valence-corrected chi connectivity index (χ3v) is 5.57. The van der Waals surface area contributed by atoms with Gasteiger partial charge in [-0.2, -0.15) is 0 Å². The van der Waals surface area contributed by atoms with Gasteiger partial charge in [0, 0.05) is 14.1 Å². The Labute approximate surface area is 137 Å². The van der Waals surface area contributed by atoms with Crippen molar-refractivity contribution in [2.45, 2.75) is 19.4 Å². The Morgan fingerprint density at radius 3 is 2.58 bits per heavy atom. The standard InChI is InChI=1S/C16H17BrIN/c1-11-6-5-8-13(16(11)18)15(19-2)10-12-7-3-4-9-14(12)17/h3-9,15,19H,10H2,1-2H3. The Kier molecular flexibility index (Phi) is 5.42. The summed E-state index contributed by atoms with van der Waals surface area (Å²) in [5.74, 6) is 0. The van der Waals surface area contributed by atoms with Crippen molar-refractivity contribution in [3.63, 3.8) is 0 Å². The van der Waals surface area contributed by atoms with Crippen molar-refractivity contribution >= 4 is 38.5 Å². The molecule has 0 aromatic heterocycles. The van der Waals surface area contributed by atoms with E-state index in [0.29, 0.717) is 6.04 Å². The second kappa shape index (κ2) is 6.86. The molecule has 0 aliphatic rings. The zero-order chi connectivity index (χ0) is 13.8. The fourth-order valence-electron chi connectivity index (χ4n) is 2.19. The maximum Gasteiger partial charge on any atom is 0.0369 e. The van der Waals surface area contributed by atoms with Crippen molar-refractivity contribution in [1.29, 1.82) is 0 Å². The first kappa shape index (κ1) is 15.0. The molecule has 0 aliphatic heterocycles. The van der Waals surface area contributed by atoms with E-state index >= 15 is 0 Å². The van der Waals surface area contributed by atoms with Gasteiger partial charge >= 0.3 is 0 Å². The largest absolute Gasteiger partial charge is 0.313 e. The van der Waals surface area contributed by atoms with Crippen LogP contribution in [0.25, 0.3) is 0 Å². The van der Waals surface area contributed by atoms with Gasteiger partial charge in [-0.15, -0.1) is 0 Å². The summed E-state index contributed by atoms with van der Waals surface area (Å²) >= 11 is 6.07. The molecule has 100 valence electrons. The van der Waals surface area contributed by atoms with E-state index in [0.717, 1.165) is 6.42 Å². The molecule has 1 nitrogen and oxygen atoms in total. The van der Waals surface area contributed by atoms with E-state index in [9.17, 15) is 0 Å². The molecule has 2 rings (SSSR count). The summed E-state index contributed by atoms with van der Waals surface area (Å²) < 4.78 is 2.53.